The van der Waals surface area contributed by atoms with Gasteiger partial charge >= 0.3 is 0 Å². The Hall–Kier alpha value is -1.92. The summed E-state index contributed by atoms with van der Waals surface area (Å²) in [6, 6.07) is 9.28. The van der Waals surface area contributed by atoms with E-state index in [2.05, 4.69) is 15.9 Å². The minimum atomic E-state index is -0.511. The minimum Gasteiger partial charge on any atom is -0.489 e. The number of nitro groups is 1. The van der Waals surface area contributed by atoms with E-state index in [1.54, 1.807) is 30.3 Å². The molecular weight excluding hydrogens is 362 g/mol. The van der Waals surface area contributed by atoms with Gasteiger partial charge in [-0.25, -0.2) is 0 Å². The molecule has 0 amide bonds. The number of nitrogens with zero attached hydrogens (tertiary/aromatic N) is 1. The van der Waals surface area contributed by atoms with E-state index in [1.807, 2.05) is 0 Å². The van der Waals surface area contributed by atoms with Gasteiger partial charge in [0.05, 0.1) is 10.5 Å². The van der Waals surface area contributed by atoms with E-state index in [4.69, 9.17) is 16.3 Å². The van der Waals surface area contributed by atoms with Crippen LogP contribution < -0.4 is 4.74 Å². The quantitative estimate of drug-likeness (QED) is 0.444. The smallest absolute Gasteiger partial charge is 0.277 e. The maximum atomic E-state index is 11.0. The molecule has 7 heteroatoms. The number of halogens is 2. The summed E-state index contributed by atoms with van der Waals surface area (Å²) in [6.07, 6.45) is 0.696. The molecule has 0 saturated heterocycles. The molecule has 0 N–H and O–H groups in total. The zero-order valence-corrected chi connectivity index (χ0v) is 12.9. The number of aldehydes is 1. The van der Waals surface area contributed by atoms with Gasteiger partial charge in [0.15, 0.2) is 6.29 Å². The zero-order valence-electron chi connectivity index (χ0n) is 10.6. The Morgan fingerprint density at radius 3 is 2.71 bits per heavy atom. The summed E-state index contributed by atoms with van der Waals surface area (Å²) in [5, 5.41) is 11.3. The number of hydrogen-bond donors (Lipinski definition) is 0. The second-order valence-corrected chi connectivity index (χ2v) is 5.41. The van der Waals surface area contributed by atoms with Crippen molar-refractivity contribution in [2.45, 2.75) is 6.61 Å². The molecule has 0 bridgehead atoms. The minimum absolute atomic E-state index is 0.00735. The van der Waals surface area contributed by atoms with Gasteiger partial charge in [-0.2, -0.15) is 0 Å². The van der Waals surface area contributed by atoms with E-state index in [0.717, 1.165) is 0 Å². The number of carbonyl (C=O) groups is 1. The van der Waals surface area contributed by atoms with Crippen LogP contribution in [0, 0.1) is 10.1 Å². The molecule has 0 atom stereocenters. The number of nitro benzene ring substituents is 1. The van der Waals surface area contributed by atoms with Crippen LogP contribution >= 0.6 is 27.5 Å². The van der Waals surface area contributed by atoms with Gasteiger partial charge in [0, 0.05) is 21.1 Å². The van der Waals surface area contributed by atoms with Gasteiger partial charge in [-0.15, -0.1) is 0 Å². The second-order valence-electron chi connectivity index (χ2n) is 4.12. The number of rotatable bonds is 5. The Morgan fingerprint density at radius 2 is 2.05 bits per heavy atom. The summed E-state index contributed by atoms with van der Waals surface area (Å²) in [7, 11) is 0. The molecule has 0 saturated carbocycles. The van der Waals surface area contributed by atoms with Crippen LogP contribution in [0.2, 0.25) is 5.02 Å². The van der Waals surface area contributed by atoms with E-state index in [9.17, 15) is 14.9 Å². The van der Waals surface area contributed by atoms with Crippen LogP contribution in [0.3, 0.4) is 0 Å². The summed E-state index contributed by atoms with van der Waals surface area (Å²) in [6.45, 7) is 0.00735. The molecule has 0 unspecified atom stereocenters. The number of ether oxygens (including phenoxy) is 1. The molecule has 0 aliphatic rings. The van der Waals surface area contributed by atoms with Crippen molar-refractivity contribution in [3.8, 4) is 5.75 Å². The van der Waals surface area contributed by atoms with E-state index < -0.39 is 4.92 Å². The summed E-state index contributed by atoms with van der Waals surface area (Å²) in [5.74, 6) is 0.449. The molecule has 0 spiro atoms. The number of carbonyl (C=O) groups excluding carboxylic acids is 1. The van der Waals surface area contributed by atoms with Crippen molar-refractivity contribution >= 4 is 39.5 Å². The molecule has 21 heavy (non-hydrogen) atoms. The topological polar surface area (TPSA) is 69.4 Å². The highest BCUT2D eigenvalue weighted by Gasteiger charge is 2.15. The summed E-state index contributed by atoms with van der Waals surface area (Å²) in [4.78, 5) is 21.3. The fourth-order valence-corrected chi connectivity index (χ4v) is 2.20. The molecule has 0 heterocycles. The third kappa shape index (κ3) is 3.80. The fourth-order valence-electron chi connectivity index (χ4n) is 1.69. The largest absolute Gasteiger partial charge is 0.489 e. The number of benzene rings is 2. The van der Waals surface area contributed by atoms with Crippen LogP contribution in [0.4, 0.5) is 5.69 Å². The fraction of sp³-hybridized carbons (Fsp3) is 0.0714. The molecule has 108 valence electrons. The Bertz CT molecular complexity index is 705. The first-order valence-corrected chi connectivity index (χ1v) is 6.98. The molecule has 0 aliphatic carbocycles. The van der Waals surface area contributed by atoms with Gasteiger partial charge in [0.25, 0.3) is 5.69 Å². The summed E-state index contributed by atoms with van der Waals surface area (Å²) < 4.78 is 6.15. The summed E-state index contributed by atoms with van der Waals surface area (Å²) >= 11 is 8.98. The third-order valence-electron chi connectivity index (χ3n) is 2.73. The Balaban J connectivity index is 2.20. The third-order valence-corrected chi connectivity index (χ3v) is 3.69. The van der Waals surface area contributed by atoms with Gasteiger partial charge in [0.1, 0.15) is 12.4 Å². The van der Waals surface area contributed by atoms with Crippen LogP contribution in [0.1, 0.15) is 15.9 Å². The number of hydrogen-bond acceptors (Lipinski definition) is 4. The molecule has 0 aromatic heterocycles. The highest BCUT2D eigenvalue weighted by molar-refractivity contribution is 9.10. The monoisotopic (exact) mass is 369 g/mol. The van der Waals surface area contributed by atoms with E-state index in [0.29, 0.717) is 27.6 Å². The van der Waals surface area contributed by atoms with Crippen LogP contribution in [0.5, 0.6) is 5.75 Å². The molecule has 2 aromatic rings. The van der Waals surface area contributed by atoms with Crippen molar-refractivity contribution in [2.75, 3.05) is 0 Å². The lowest BCUT2D eigenvalue weighted by molar-refractivity contribution is -0.385. The van der Waals surface area contributed by atoms with Crippen molar-refractivity contribution in [3.05, 3.63) is 67.1 Å². The first-order chi connectivity index (χ1) is 10.0. The van der Waals surface area contributed by atoms with E-state index >= 15 is 0 Å². The van der Waals surface area contributed by atoms with Crippen molar-refractivity contribution < 1.29 is 14.5 Å². The summed E-state index contributed by atoms with van der Waals surface area (Å²) in [5.41, 5.74) is 0.744. The van der Waals surface area contributed by atoms with Crippen LogP contribution in [-0.2, 0) is 6.61 Å². The highest BCUT2D eigenvalue weighted by atomic mass is 79.9. The maximum absolute atomic E-state index is 11.0. The lowest BCUT2D eigenvalue weighted by Crippen LogP contribution is -2.01. The average molecular weight is 371 g/mol. The van der Waals surface area contributed by atoms with Crippen molar-refractivity contribution in [1.82, 2.24) is 0 Å². The normalized spacial score (nSPS) is 10.2. The van der Waals surface area contributed by atoms with Crippen LogP contribution in [-0.4, -0.2) is 11.2 Å². The van der Waals surface area contributed by atoms with Crippen molar-refractivity contribution in [3.63, 3.8) is 0 Å². The SMILES string of the molecule is O=Cc1cc(OCc2ccc(Cl)cc2[N+](=O)[O-])ccc1Br. The maximum Gasteiger partial charge on any atom is 0.277 e. The van der Waals surface area contributed by atoms with E-state index in [1.165, 1.54) is 6.07 Å². The van der Waals surface area contributed by atoms with Crippen molar-refractivity contribution in [1.29, 1.82) is 0 Å². The average Bonchev–Trinajstić information content (AvgIpc) is 2.47. The van der Waals surface area contributed by atoms with Gasteiger partial charge in [-0.05, 0) is 30.3 Å². The van der Waals surface area contributed by atoms with Gasteiger partial charge in [-0.3, -0.25) is 14.9 Å². The molecule has 2 rings (SSSR count). The van der Waals surface area contributed by atoms with Gasteiger partial charge in [-0.1, -0.05) is 27.5 Å². The predicted octanol–water partition coefficient (Wildman–Crippen LogP) is 4.40. The highest BCUT2D eigenvalue weighted by Crippen LogP contribution is 2.26. The first kappa shape index (κ1) is 15.5. The first-order valence-electron chi connectivity index (χ1n) is 5.81. The second kappa shape index (κ2) is 6.69. The molecule has 0 radical (unpaired) electrons. The molecule has 2 aromatic carbocycles. The Kier molecular flexibility index (Phi) is 4.93. The Morgan fingerprint density at radius 1 is 1.29 bits per heavy atom. The standard InChI is InChI=1S/C14H9BrClNO4/c15-13-4-3-12(5-10(13)7-18)21-8-9-1-2-11(16)6-14(9)17(19)20/h1-7H,8H2. The van der Waals surface area contributed by atoms with Gasteiger partial charge < -0.3 is 4.74 Å². The van der Waals surface area contributed by atoms with Crippen LogP contribution in [0.15, 0.2) is 40.9 Å². The van der Waals surface area contributed by atoms with Gasteiger partial charge in [0.2, 0.25) is 0 Å². The van der Waals surface area contributed by atoms with Crippen molar-refractivity contribution in [2.24, 2.45) is 0 Å². The molecule has 0 aliphatic heterocycles. The molecule has 0 fully saturated rings. The lowest BCUT2D eigenvalue weighted by atomic mass is 10.2. The molecular formula is C14H9BrClNO4. The predicted molar refractivity (Wildman–Crippen MR) is 82.0 cm³/mol. The lowest BCUT2D eigenvalue weighted by Gasteiger charge is -2.08. The molecule has 5 nitrogen and oxygen atoms in total. The van der Waals surface area contributed by atoms with Crippen LogP contribution in [0.25, 0.3) is 0 Å². The zero-order chi connectivity index (χ0) is 15.4. The van der Waals surface area contributed by atoms with E-state index in [-0.39, 0.29) is 17.3 Å². The Labute approximate surface area is 133 Å².